The van der Waals surface area contributed by atoms with Crippen molar-refractivity contribution >= 4 is 33.6 Å². The Hall–Kier alpha value is -2.15. The highest BCUT2D eigenvalue weighted by Gasteiger charge is 2.28. The van der Waals surface area contributed by atoms with Crippen LogP contribution in [0.3, 0.4) is 0 Å². The summed E-state index contributed by atoms with van der Waals surface area (Å²) in [5.74, 6) is -0.0326. The van der Waals surface area contributed by atoms with E-state index in [9.17, 15) is 9.59 Å². The molecule has 1 saturated heterocycles. The first kappa shape index (κ1) is 17.3. The molecule has 1 aliphatic heterocycles. The molecule has 26 heavy (non-hydrogen) atoms. The number of urea groups is 1. The number of hydrogen-bond donors (Lipinski definition) is 1. The van der Waals surface area contributed by atoms with Crippen molar-refractivity contribution in [3.05, 3.63) is 30.0 Å². The molecule has 7 heteroatoms. The summed E-state index contributed by atoms with van der Waals surface area (Å²) in [4.78, 5) is 28.9. The summed E-state index contributed by atoms with van der Waals surface area (Å²) < 4.78 is 5.39. The third-order valence-corrected chi connectivity index (χ3v) is 6.19. The number of carbonyl (C=O) groups is 2. The van der Waals surface area contributed by atoms with Gasteiger partial charge < -0.3 is 15.1 Å². The predicted octanol–water partition coefficient (Wildman–Crippen LogP) is 3.10. The summed E-state index contributed by atoms with van der Waals surface area (Å²) in [6.45, 7) is 2.27. The molecule has 2 aliphatic rings. The maximum absolute atomic E-state index is 12.8. The molecule has 1 aromatic heterocycles. The second-order valence-corrected chi connectivity index (χ2v) is 7.90. The van der Waals surface area contributed by atoms with Crippen LogP contribution in [0, 0.1) is 0 Å². The number of fused-ring (bicyclic) bond motifs is 1. The lowest BCUT2D eigenvalue weighted by Crippen LogP contribution is -2.54. The minimum absolute atomic E-state index is 0.0168. The van der Waals surface area contributed by atoms with E-state index >= 15 is 0 Å². The smallest absolute Gasteiger partial charge is 0.317 e. The van der Waals surface area contributed by atoms with Gasteiger partial charge in [0.25, 0.3) is 5.91 Å². The SMILES string of the molecule is O=C(NC1CCCCC1)N1CCN(C(=O)c2nsc3ccccc23)CC1. The first-order valence-corrected chi connectivity index (χ1v) is 10.2. The van der Waals surface area contributed by atoms with Crippen LogP contribution in [0.2, 0.25) is 0 Å². The molecular weight excluding hydrogens is 348 g/mol. The second-order valence-electron chi connectivity index (χ2n) is 7.09. The zero-order chi connectivity index (χ0) is 17.9. The van der Waals surface area contributed by atoms with E-state index in [1.165, 1.54) is 30.8 Å². The van der Waals surface area contributed by atoms with Crippen LogP contribution in [0.1, 0.15) is 42.6 Å². The van der Waals surface area contributed by atoms with Crippen LogP contribution in [0.15, 0.2) is 24.3 Å². The van der Waals surface area contributed by atoms with Crippen LogP contribution < -0.4 is 5.32 Å². The number of nitrogens with one attached hydrogen (secondary N) is 1. The van der Waals surface area contributed by atoms with E-state index in [1.54, 1.807) is 0 Å². The largest absolute Gasteiger partial charge is 0.335 e. The Balaban J connectivity index is 1.34. The Morgan fingerprint density at radius 3 is 2.46 bits per heavy atom. The van der Waals surface area contributed by atoms with Gasteiger partial charge >= 0.3 is 6.03 Å². The molecule has 1 saturated carbocycles. The highest BCUT2D eigenvalue weighted by molar-refractivity contribution is 7.13. The van der Waals surface area contributed by atoms with Gasteiger partial charge in [-0.3, -0.25) is 4.79 Å². The van der Waals surface area contributed by atoms with Crippen LogP contribution in [0.25, 0.3) is 10.1 Å². The number of benzene rings is 1. The number of hydrogen-bond acceptors (Lipinski definition) is 4. The highest BCUT2D eigenvalue weighted by atomic mass is 32.1. The molecule has 3 amide bonds. The predicted molar refractivity (Wildman–Crippen MR) is 103 cm³/mol. The fourth-order valence-electron chi connectivity index (χ4n) is 3.82. The Morgan fingerprint density at radius 1 is 1.00 bits per heavy atom. The van der Waals surface area contributed by atoms with E-state index in [0.717, 1.165) is 22.9 Å². The zero-order valence-corrected chi connectivity index (χ0v) is 15.6. The van der Waals surface area contributed by atoms with E-state index in [-0.39, 0.29) is 11.9 Å². The van der Waals surface area contributed by atoms with Gasteiger partial charge in [0, 0.05) is 37.6 Å². The first-order valence-electron chi connectivity index (χ1n) is 9.41. The van der Waals surface area contributed by atoms with Crippen molar-refractivity contribution in [2.75, 3.05) is 26.2 Å². The fourth-order valence-corrected chi connectivity index (χ4v) is 4.58. The lowest BCUT2D eigenvalue weighted by atomic mass is 9.96. The first-order chi connectivity index (χ1) is 12.7. The van der Waals surface area contributed by atoms with Crippen LogP contribution in [-0.4, -0.2) is 58.3 Å². The van der Waals surface area contributed by atoms with E-state index in [1.807, 2.05) is 34.1 Å². The Kier molecular flexibility index (Phi) is 5.06. The van der Waals surface area contributed by atoms with Crippen LogP contribution in [0.5, 0.6) is 0 Å². The van der Waals surface area contributed by atoms with Crippen molar-refractivity contribution in [2.45, 2.75) is 38.1 Å². The lowest BCUT2D eigenvalue weighted by molar-refractivity contribution is 0.0660. The molecule has 0 atom stereocenters. The van der Waals surface area contributed by atoms with E-state index in [0.29, 0.717) is 37.9 Å². The van der Waals surface area contributed by atoms with Gasteiger partial charge in [-0.25, -0.2) is 4.79 Å². The number of nitrogens with zero attached hydrogens (tertiary/aromatic N) is 3. The lowest BCUT2D eigenvalue weighted by Gasteiger charge is -2.35. The molecule has 2 heterocycles. The zero-order valence-electron chi connectivity index (χ0n) is 14.8. The standard InChI is InChI=1S/C19H24N4O2S/c24-18(17-15-8-4-5-9-16(15)26-21-17)22-10-12-23(13-11-22)19(25)20-14-6-2-1-3-7-14/h4-5,8-9,14H,1-3,6-7,10-13H2,(H,20,25). The van der Waals surface area contributed by atoms with Gasteiger partial charge in [-0.1, -0.05) is 37.5 Å². The molecule has 138 valence electrons. The molecule has 2 fully saturated rings. The van der Waals surface area contributed by atoms with Crippen LogP contribution >= 0.6 is 11.5 Å². The average Bonchev–Trinajstić information content (AvgIpc) is 3.12. The summed E-state index contributed by atoms with van der Waals surface area (Å²) in [7, 11) is 0. The van der Waals surface area contributed by atoms with Crippen molar-refractivity contribution in [1.29, 1.82) is 0 Å². The molecule has 0 unspecified atom stereocenters. The average molecular weight is 372 g/mol. The van der Waals surface area contributed by atoms with E-state index in [2.05, 4.69) is 9.69 Å². The summed E-state index contributed by atoms with van der Waals surface area (Å²) in [6, 6.07) is 8.15. The molecule has 4 rings (SSSR count). The fraction of sp³-hybridized carbons (Fsp3) is 0.526. The van der Waals surface area contributed by atoms with Gasteiger partial charge in [0.1, 0.15) is 5.69 Å². The quantitative estimate of drug-likeness (QED) is 0.881. The van der Waals surface area contributed by atoms with Gasteiger partial charge in [0.15, 0.2) is 0 Å². The Bertz CT molecular complexity index is 792. The Morgan fingerprint density at radius 2 is 1.69 bits per heavy atom. The van der Waals surface area contributed by atoms with Crippen molar-refractivity contribution in [1.82, 2.24) is 19.5 Å². The molecule has 1 aliphatic carbocycles. The molecular formula is C19H24N4O2S. The van der Waals surface area contributed by atoms with E-state index < -0.39 is 0 Å². The summed E-state index contributed by atoms with van der Waals surface area (Å²) in [5, 5.41) is 4.07. The van der Waals surface area contributed by atoms with Crippen molar-refractivity contribution in [3.63, 3.8) is 0 Å². The summed E-state index contributed by atoms with van der Waals surface area (Å²) >= 11 is 1.36. The minimum atomic E-state index is -0.0326. The number of aromatic nitrogens is 1. The molecule has 2 aromatic rings. The summed E-state index contributed by atoms with van der Waals surface area (Å²) in [5.41, 5.74) is 0.533. The topological polar surface area (TPSA) is 65.5 Å². The Labute approximate surface area is 157 Å². The minimum Gasteiger partial charge on any atom is -0.335 e. The molecule has 0 spiro atoms. The van der Waals surface area contributed by atoms with Gasteiger partial charge in [-0.15, -0.1) is 0 Å². The number of rotatable bonds is 2. The number of carbonyl (C=O) groups excluding carboxylic acids is 2. The molecule has 0 bridgehead atoms. The van der Waals surface area contributed by atoms with Gasteiger partial charge in [0.2, 0.25) is 0 Å². The monoisotopic (exact) mass is 372 g/mol. The maximum atomic E-state index is 12.8. The van der Waals surface area contributed by atoms with Gasteiger partial charge in [-0.05, 0) is 30.4 Å². The van der Waals surface area contributed by atoms with Crippen LogP contribution in [0.4, 0.5) is 4.79 Å². The molecule has 1 aromatic carbocycles. The van der Waals surface area contributed by atoms with Crippen molar-refractivity contribution in [3.8, 4) is 0 Å². The van der Waals surface area contributed by atoms with Crippen molar-refractivity contribution in [2.24, 2.45) is 0 Å². The third-order valence-electron chi connectivity index (χ3n) is 5.37. The third kappa shape index (κ3) is 3.53. The molecule has 6 nitrogen and oxygen atoms in total. The maximum Gasteiger partial charge on any atom is 0.317 e. The number of amides is 3. The van der Waals surface area contributed by atoms with E-state index in [4.69, 9.17) is 0 Å². The number of piperazine rings is 1. The highest BCUT2D eigenvalue weighted by Crippen LogP contribution is 2.24. The molecule has 0 radical (unpaired) electrons. The van der Waals surface area contributed by atoms with Crippen LogP contribution in [-0.2, 0) is 0 Å². The second kappa shape index (κ2) is 7.61. The normalized spacial score (nSPS) is 18.9. The molecule has 1 N–H and O–H groups in total. The van der Waals surface area contributed by atoms with Crippen molar-refractivity contribution < 1.29 is 9.59 Å². The van der Waals surface area contributed by atoms with Gasteiger partial charge in [-0.2, -0.15) is 4.37 Å². The summed E-state index contributed by atoms with van der Waals surface area (Å²) in [6.07, 6.45) is 5.85. The van der Waals surface area contributed by atoms with Gasteiger partial charge in [0.05, 0.1) is 4.70 Å².